The van der Waals surface area contributed by atoms with Gasteiger partial charge in [-0.1, -0.05) is 0 Å². The molecule has 2 aliphatic heterocycles. The van der Waals surface area contributed by atoms with E-state index >= 15 is 0 Å². The van der Waals surface area contributed by atoms with Gasteiger partial charge in [-0.25, -0.2) is 0 Å². The minimum Gasteiger partial charge on any atom is -0.493 e. The number of methoxy groups -OCH3 is 6. The topological polar surface area (TPSA) is 148 Å². The SMILES string of the molecule is COc1cc(/C=C2\CC(=O)NC2=O)cc(OC)c1OC.COc1cc(/C=C2\CC(=O)NC2=O)cc(OC)c1OC. The van der Waals surface area contributed by atoms with Crippen LogP contribution in [0.25, 0.3) is 12.2 Å². The summed E-state index contributed by atoms with van der Waals surface area (Å²) in [6, 6.07) is 6.85. The summed E-state index contributed by atoms with van der Waals surface area (Å²) < 4.78 is 31.4. The Hall–Kier alpha value is -5.00. The molecule has 0 unspecified atom stereocenters. The van der Waals surface area contributed by atoms with Crippen LogP contribution in [0.5, 0.6) is 34.5 Å². The second-order valence-electron chi connectivity index (χ2n) is 8.36. The first-order chi connectivity index (χ1) is 19.2. The largest absolute Gasteiger partial charge is 0.493 e. The highest BCUT2D eigenvalue weighted by Gasteiger charge is 2.25. The number of amides is 4. The molecule has 4 amide bonds. The molecule has 4 rings (SSSR count). The fourth-order valence-corrected chi connectivity index (χ4v) is 4.01. The van der Waals surface area contributed by atoms with E-state index in [-0.39, 0.29) is 36.5 Å². The zero-order chi connectivity index (χ0) is 29.4. The summed E-state index contributed by atoms with van der Waals surface area (Å²) in [5, 5.41) is 4.47. The molecule has 0 aromatic heterocycles. The second kappa shape index (κ2) is 13.2. The fourth-order valence-electron chi connectivity index (χ4n) is 4.01. The molecule has 0 spiro atoms. The van der Waals surface area contributed by atoms with Gasteiger partial charge in [0.15, 0.2) is 23.0 Å². The van der Waals surface area contributed by atoms with Crippen molar-refractivity contribution in [2.24, 2.45) is 0 Å². The number of ether oxygens (including phenoxy) is 6. The van der Waals surface area contributed by atoms with Crippen LogP contribution in [0.15, 0.2) is 35.4 Å². The molecule has 2 fully saturated rings. The van der Waals surface area contributed by atoms with Crippen LogP contribution in [0.2, 0.25) is 0 Å². The number of carbonyl (C=O) groups excluding carboxylic acids is 4. The summed E-state index contributed by atoms with van der Waals surface area (Å²) in [6.07, 6.45) is 3.42. The molecule has 0 aliphatic carbocycles. The number of carbonyl (C=O) groups is 4. The summed E-state index contributed by atoms with van der Waals surface area (Å²) in [5.41, 5.74) is 2.20. The van der Waals surface area contributed by atoms with Gasteiger partial charge in [0.1, 0.15) is 0 Å². The Kier molecular flexibility index (Phi) is 9.74. The van der Waals surface area contributed by atoms with Crippen LogP contribution >= 0.6 is 0 Å². The molecule has 0 atom stereocenters. The van der Waals surface area contributed by atoms with E-state index < -0.39 is 0 Å². The molecular weight excluding hydrogens is 524 g/mol. The molecule has 2 N–H and O–H groups in total. The monoisotopic (exact) mass is 554 g/mol. The third-order valence-corrected chi connectivity index (χ3v) is 5.85. The third-order valence-electron chi connectivity index (χ3n) is 5.85. The Morgan fingerprint density at radius 2 is 0.825 bits per heavy atom. The van der Waals surface area contributed by atoms with Crippen LogP contribution in [0.3, 0.4) is 0 Å². The van der Waals surface area contributed by atoms with E-state index in [1.54, 1.807) is 36.4 Å². The first-order valence-electron chi connectivity index (χ1n) is 11.9. The van der Waals surface area contributed by atoms with Crippen LogP contribution < -0.4 is 39.1 Å². The molecular formula is C28H30N2O10. The Morgan fingerprint density at radius 1 is 0.525 bits per heavy atom. The van der Waals surface area contributed by atoms with E-state index in [0.29, 0.717) is 56.8 Å². The standard InChI is InChI=1S/2C14H15NO5/c2*1-18-10-5-8(6-11(19-2)13(10)20-3)4-9-7-12(16)15-14(9)17/h2*4-6H,7H2,1-3H3,(H,15,16,17)/b2*9-4+. The van der Waals surface area contributed by atoms with Gasteiger partial charge < -0.3 is 28.4 Å². The van der Waals surface area contributed by atoms with Crippen LogP contribution in [0.1, 0.15) is 24.0 Å². The highest BCUT2D eigenvalue weighted by molar-refractivity contribution is 6.16. The summed E-state index contributed by atoms with van der Waals surface area (Å²) in [5.74, 6) is 1.57. The first kappa shape index (κ1) is 29.6. The Morgan fingerprint density at radius 3 is 1.02 bits per heavy atom. The summed E-state index contributed by atoms with van der Waals surface area (Å²) in [4.78, 5) is 45.4. The summed E-state index contributed by atoms with van der Waals surface area (Å²) in [6.45, 7) is 0. The van der Waals surface area contributed by atoms with Crippen LogP contribution in [0.4, 0.5) is 0 Å². The molecule has 12 heteroatoms. The van der Waals surface area contributed by atoms with Crippen LogP contribution in [-0.4, -0.2) is 66.3 Å². The molecule has 2 aromatic carbocycles. The maximum atomic E-state index is 11.5. The molecule has 2 aliphatic rings. The van der Waals surface area contributed by atoms with E-state index in [9.17, 15) is 19.2 Å². The summed E-state index contributed by atoms with van der Waals surface area (Å²) in [7, 11) is 9.09. The smallest absolute Gasteiger partial charge is 0.254 e. The average molecular weight is 555 g/mol. The molecule has 2 aromatic rings. The zero-order valence-electron chi connectivity index (χ0n) is 23.0. The van der Waals surface area contributed by atoms with Crippen molar-refractivity contribution in [2.45, 2.75) is 12.8 Å². The Balaban J connectivity index is 0.000000220. The minimum absolute atomic E-state index is 0.0789. The van der Waals surface area contributed by atoms with Crippen molar-refractivity contribution in [3.05, 3.63) is 46.5 Å². The third kappa shape index (κ3) is 6.70. The van der Waals surface area contributed by atoms with E-state index in [0.717, 1.165) is 0 Å². The van der Waals surface area contributed by atoms with Crippen LogP contribution in [0, 0.1) is 0 Å². The van der Waals surface area contributed by atoms with Crippen molar-refractivity contribution in [3.8, 4) is 34.5 Å². The highest BCUT2D eigenvalue weighted by Crippen LogP contribution is 2.40. The zero-order valence-corrected chi connectivity index (χ0v) is 23.0. The van der Waals surface area contributed by atoms with Crippen molar-refractivity contribution < 1.29 is 47.6 Å². The number of hydrogen-bond donors (Lipinski definition) is 2. The molecule has 2 heterocycles. The van der Waals surface area contributed by atoms with Gasteiger partial charge in [0.05, 0.1) is 55.5 Å². The van der Waals surface area contributed by atoms with Gasteiger partial charge in [-0.3, -0.25) is 29.8 Å². The highest BCUT2D eigenvalue weighted by atomic mass is 16.5. The lowest BCUT2D eigenvalue weighted by Crippen LogP contribution is -2.19. The quantitative estimate of drug-likeness (QED) is 0.368. The lowest BCUT2D eigenvalue weighted by atomic mass is 10.1. The maximum Gasteiger partial charge on any atom is 0.254 e. The van der Waals surface area contributed by atoms with Gasteiger partial charge in [0, 0.05) is 11.1 Å². The van der Waals surface area contributed by atoms with E-state index in [4.69, 9.17) is 28.4 Å². The van der Waals surface area contributed by atoms with Crippen molar-refractivity contribution in [1.29, 1.82) is 0 Å². The number of hydrogen-bond acceptors (Lipinski definition) is 10. The van der Waals surface area contributed by atoms with Gasteiger partial charge in [-0.15, -0.1) is 0 Å². The maximum absolute atomic E-state index is 11.5. The minimum atomic E-state index is -0.372. The first-order valence-corrected chi connectivity index (χ1v) is 11.9. The van der Waals surface area contributed by atoms with Gasteiger partial charge >= 0.3 is 0 Å². The van der Waals surface area contributed by atoms with Gasteiger partial charge in [-0.05, 0) is 47.5 Å². The van der Waals surface area contributed by atoms with Crippen molar-refractivity contribution in [3.63, 3.8) is 0 Å². The van der Waals surface area contributed by atoms with Gasteiger partial charge in [-0.2, -0.15) is 0 Å². The van der Waals surface area contributed by atoms with Crippen molar-refractivity contribution >= 4 is 35.8 Å². The van der Waals surface area contributed by atoms with E-state index in [2.05, 4.69) is 10.6 Å². The lowest BCUT2D eigenvalue weighted by Gasteiger charge is -2.13. The molecule has 12 nitrogen and oxygen atoms in total. The number of benzene rings is 2. The van der Waals surface area contributed by atoms with Crippen molar-refractivity contribution in [1.82, 2.24) is 10.6 Å². The van der Waals surface area contributed by atoms with E-state index in [1.165, 1.54) is 42.7 Å². The lowest BCUT2D eigenvalue weighted by molar-refractivity contribution is -0.125. The molecule has 0 saturated carbocycles. The Bertz CT molecular complexity index is 1240. The van der Waals surface area contributed by atoms with E-state index in [1.807, 2.05) is 0 Å². The second-order valence-corrected chi connectivity index (χ2v) is 8.36. The Labute approximate surface area is 230 Å². The predicted molar refractivity (Wildman–Crippen MR) is 144 cm³/mol. The van der Waals surface area contributed by atoms with Gasteiger partial charge in [0.2, 0.25) is 23.3 Å². The summed E-state index contributed by atoms with van der Waals surface area (Å²) >= 11 is 0. The number of imide groups is 2. The molecule has 0 radical (unpaired) electrons. The number of rotatable bonds is 8. The number of nitrogens with one attached hydrogen (secondary N) is 2. The molecule has 40 heavy (non-hydrogen) atoms. The van der Waals surface area contributed by atoms with Crippen molar-refractivity contribution in [2.75, 3.05) is 42.7 Å². The normalized spacial score (nSPS) is 16.2. The fraction of sp³-hybridized carbons (Fsp3) is 0.286. The van der Waals surface area contributed by atoms with Crippen LogP contribution in [-0.2, 0) is 19.2 Å². The van der Waals surface area contributed by atoms with Gasteiger partial charge in [0.25, 0.3) is 11.8 Å². The molecule has 2 saturated heterocycles. The predicted octanol–water partition coefficient (Wildman–Crippen LogP) is 2.28. The molecule has 212 valence electrons. The molecule has 0 bridgehead atoms. The average Bonchev–Trinajstić information content (AvgIpc) is 3.44.